The molecule has 0 saturated carbocycles. The Morgan fingerprint density at radius 1 is 1.18 bits per heavy atom. The van der Waals surface area contributed by atoms with Crippen LogP contribution in [0, 0.1) is 0 Å². The predicted molar refractivity (Wildman–Crippen MR) is 86.4 cm³/mol. The van der Waals surface area contributed by atoms with Crippen LogP contribution in [0.5, 0.6) is 5.75 Å². The van der Waals surface area contributed by atoms with Gasteiger partial charge >= 0.3 is 5.97 Å². The van der Waals surface area contributed by atoms with Gasteiger partial charge < -0.3 is 15.2 Å². The van der Waals surface area contributed by atoms with Gasteiger partial charge in [0.2, 0.25) is 5.91 Å². The molecule has 2 aromatic carbocycles. The number of benzene rings is 2. The van der Waals surface area contributed by atoms with E-state index in [1.807, 2.05) is 24.3 Å². The molecule has 0 spiro atoms. The molecule has 0 aliphatic heterocycles. The van der Waals surface area contributed by atoms with Gasteiger partial charge in [-0.15, -0.1) is 0 Å². The number of carbonyl (C=O) groups excluding carboxylic acids is 1. The largest absolute Gasteiger partial charge is 0.495 e. The number of halogens is 1. The Balaban J connectivity index is 2.14. The van der Waals surface area contributed by atoms with E-state index in [9.17, 15) is 9.59 Å². The second kappa shape index (κ2) is 7.09. The molecule has 0 aliphatic carbocycles. The average molecular weight is 364 g/mol. The van der Waals surface area contributed by atoms with E-state index < -0.39 is 5.97 Å². The lowest BCUT2D eigenvalue weighted by atomic mass is 10.1. The summed E-state index contributed by atoms with van der Waals surface area (Å²) in [5, 5.41) is 11.7. The third kappa shape index (κ3) is 4.08. The fraction of sp³-hybridized carbons (Fsp3) is 0.125. The molecule has 5 nitrogen and oxygen atoms in total. The number of anilines is 1. The zero-order valence-electron chi connectivity index (χ0n) is 11.8. The van der Waals surface area contributed by atoms with Crippen LogP contribution in [0.3, 0.4) is 0 Å². The number of methoxy groups -OCH3 is 1. The highest BCUT2D eigenvalue weighted by molar-refractivity contribution is 9.10. The van der Waals surface area contributed by atoms with E-state index in [0.717, 1.165) is 10.0 Å². The van der Waals surface area contributed by atoms with E-state index in [4.69, 9.17) is 9.84 Å². The van der Waals surface area contributed by atoms with E-state index in [0.29, 0.717) is 11.4 Å². The first-order valence-corrected chi connectivity index (χ1v) is 7.24. The van der Waals surface area contributed by atoms with Crippen LogP contribution >= 0.6 is 15.9 Å². The van der Waals surface area contributed by atoms with Crippen molar-refractivity contribution < 1.29 is 19.4 Å². The van der Waals surface area contributed by atoms with Gasteiger partial charge in [0.05, 0.1) is 24.8 Å². The van der Waals surface area contributed by atoms with Crippen molar-refractivity contribution in [1.82, 2.24) is 0 Å². The topological polar surface area (TPSA) is 75.6 Å². The summed E-state index contributed by atoms with van der Waals surface area (Å²) in [6, 6.07) is 11.7. The first-order chi connectivity index (χ1) is 10.5. The van der Waals surface area contributed by atoms with Crippen LogP contribution in [-0.2, 0) is 11.2 Å². The van der Waals surface area contributed by atoms with Crippen LogP contribution < -0.4 is 10.1 Å². The summed E-state index contributed by atoms with van der Waals surface area (Å²) in [4.78, 5) is 23.1. The monoisotopic (exact) mass is 363 g/mol. The van der Waals surface area contributed by atoms with Gasteiger partial charge in [-0.25, -0.2) is 4.79 Å². The number of hydrogen-bond donors (Lipinski definition) is 2. The van der Waals surface area contributed by atoms with Crippen molar-refractivity contribution >= 4 is 33.5 Å². The Kier molecular flexibility index (Phi) is 5.16. The van der Waals surface area contributed by atoms with Gasteiger partial charge in [-0.3, -0.25) is 4.79 Å². The lowest BCUT2D eigenvalue weighted by molar-refractivity contribution is -0.115. The molecule has 0 bridgehead atoms. The first kappa shape index (κ1) is 16.0. The standard InChI is InChI=1S/C16H14BrNO4/c1-22-14-7-4-11(16(20)21)9-13(14)18-15(19)8-10-2-5-12(17)6-3-10/h2-7,9H,8H2,1H3,(H,18,19)(H,20,21). The minimum absolute atomic E-state index is 0.0831. The Labute approximate surface area is 136 Å². The lowest BCUT2D eigenvalue weighted by Gasteiger charge is -2.11. The summed E-state index contributed by atoms with van der Waals surface area (Å²) in [5.74, 6) is -0.900. The smallest absolute Gasteiger partial charge is 0.335 e. The minimum atomic E-state index is -1.06. The Morgan fingerprint density at radius 2 is 1.86 bits per heavy atom. The number of carbonyl (C=O) groups is 2. The van der Waals surface area contributed by atoms with Crippen LogP contribution in [0.25, 0.3) is 0 Å². The summed E-state index contributed by atoms with van der Waals surface area (Å²) < 4.78 is 6.07. The van der Waals surface area contributed by atoms with E-state index >= 15 is 0 Å². The van der Waals surface area contributed by atoms with Crippen LogP contribution in [-0.4, -0.2) is 24.1 Å². The highest BCUT2D eigenvalue weighted by Crippen LogP contribution is 2.25. The van der Waals surface area contributed by atoms with Crippen molar-refractivity contribution in [1.29, 1.82) is 0 Å². The summed E-state index contributed by atoms with van der Waals surface area (Å²) >= 11 is 3.33. The van der Waals surface area contributed by atoms with E-state index in [1.165, 1.54) is 25.3 Å². The molecule has 114 valence electrons. The van der Waals surface area contributed by atoms with Crippen molar-refractivity contribution in [2.45, 2.75) is 6.42 Å². The number of ether oxygens (including phenoxy) is 1. The van der Waals surface area contributed by atoms with Gasteiger partial charge in [0, 0.05) is 4.47 Å². The maximum atomic E-state index is 12.1. The number of carboxylic acid groups (broad SMARTS) is 1. The molecule has 0 atom stereocenters. The zero-order valence-corrected chi connectivity index (χ0v) is 13.4. The van der Waals surface area contributed by atoms with E-state index in [-0.39, 0.29) is 17.9 Å². The quantitative estimate of drug-likeness (QED) is 0.853. The molecule has 0 aromatic heterocycles. The number of hydrogen-bond acceptors (Lipinski definition) is 3. The Bertz CT molecular complexity index is 698. The minimum Gasteiger partial charge on any atom is -0.495 e. The molecule has 0 aliphatic rings. The Morgan fingerprint density at radius 3 is 2.45 bits per heavy atom. The molecule has 0 saturated heterocycles. The average Bonchev–Trinajstić information content (AvgIpc) is 2.49. The third-order valence-electron chi connectivity index (χ3n) is 3.00. The summed E-state index contributed by atoms with van der Waals surface area (Å²) in [7, 11) is 1.46. The molecular formula is C16H14BrNO4. The van der Waals surface area contributed by atoms with Crippen molar-refractivity contribution in [2.75, 3.05) is 12.4 Å². The molecule has 0 heterocycles. The van der Waals surface area contributed by atoms with Gasteiger partial charge in [-0.2, -0.15) is 0 Å². The maximum Gasteiger partial charge on any atom is 0.335 e. The molecule has 2 N–H and O–H groups in total. The summed E-state index contributed by atoms with van der Waals surface area (Å²) in [6.07, 6.45) is 0.188. The highest BCUT2D eigenvalue weighted by Gasteiger charge is 2.12. The van der Waals surface area contributed by atoms with E-state index in [1.54, 1.807) is 0 Å². The van der Waals surface area contributed by atoms with Crippen LogP contribution in [0.2, 0.25) is 0 Å². The first-order valence-electron chi connectivity index (χ1n) is 6.45. The summed E-state index contributed by atoms with van der Waals surface area (Å²) in [5.41, 5.74) is 1.28. The van der Waals surface area contributed by atoms with Gasteiger partial charge in [-0.1, -0.05) is 28.1 Å². The molecule has 2 rings (SSSR count). The SMILES string of the molecule is COc1ccc(C(=O)O)cc1NC(=O)Cc1ccc(Br)cc1. The van der Waals surface area contributed by atoms with Crippen LogP contribution in [0.15, 0.2) is 46.9 Å². The van der Waals surface area contributed by atoms with Crippen molar-refractivity contribution in [3.63, 3.8) is 0 Å². The van der Waals surface area contributed by atoms with Crippen LogP contribution in [0.1, 0.15) is 15.9 Å². The molecule has 2 aromatic rings. The van der Waals surface area contributed by atoms with Crippen molar-refractivity contribution in [3.8, 4) is 5.75 Å². The molecule has 22 heavy (non-hydrogen) atoms. The molecular weight excluding hydrogens is 350 g/mol. The maximum absolute atomic E-state index is 12.1. The zero-order chi connectivity index (χ0) is 16.1. The normalized spacial score (nSPS) is 10.1. The molecule has 0 radical (unpaired) electrons. The predicted octanol–water partition coefficient (Wildman–Crippen LogP) is 3.34. The molecule has 6 heteroatoms. The van der Waals surface area contributed by atoms with E-state index in [2.05, 4.69) is 21.2 Å². The van der Waals surface area contributed by atoms with Crippen molar-refractivity contribution in [3.05, 3.63) is 58.1 Å². The number of rotatable bonds is 5. The van der Waals surface area contributed by atoms with Gasteiger partial charge in [0.25, 0.3) is 0 Å². The second-order valence-corrected chi connectivity index (χ2v) is 5.49. The molecule has 0 unspecified atom stereocenters. The lowest BCUT2D eigenvalue weighted by Crippen LogP contribution is -2.15. The Hall–Kier alpha value is -2.34. The number of carboxylic acids is 1. The van der Waals surface area contributed by atoms with Gasteiger partial charge in [0.1, 0.15) is 5.75 Å². The number of amides is 1. The van der Waals surface area contributed by atoms with Gasteiger partial charge in [0.15, 0.2) is 0 Å². The van der Waals surface area contributed by atoms with Crippen molar-refractivity contribution in [2.24, 2.45) is 0 Å². The number of aromatic carboxylic acids is 1. The van der Waals surface area contributed by atoms with Gasteiger partial charge in [-0.05, 0) is 35.9 Å². The molecule has 0 fully saturated rings. The molecule has 1 amide bonds. The number of nitrogens with one attached hydrogen (secondary N) is 1. The fourth-order valence-electron chi connectivity index (χ4n) is 1.92. The van der Waals surface area contributed by atoms with Crippen LogP contribution in [0.4, 0.5) is 5.69 Å². The third-order valence-corrected chi connectivity index (χ3v) is 3.53. The highest BCUT2D eigenvalue weighted by atomic mass is 79.9. The second-order valence-electron chi connectivity index (χ2n) is 4.57. The summed E-state index contributed by atoms with van der Waals surface area (Å²) in [6.45, 7) is 0. The fourth-order valence-corrected chi connectivity index (χ4v) is 2.19.